The molecule has 6 nitrogen and oxygen atoms in total. The van der Waals surface area contributed by atoms with Gasteiger partial charge in [-0.15, -0.1) is 0 Å². The van der Waals surface area contributed by atoms with E-state index in [0.717, 1.165) is 17.7 Å². The van der Waals surface area contributed by atoms with E-state index in [2.05, 4.69) is 4.90 Å². The molecule has 0 spiro atoms. The van der Waals surface area contributed by atoms with Crippen molar-refractivity contribution in [2.24, 2.45) is 0 Å². The molecule has 1 aromatic carbocycles. The molecule has 2 rings (SSSR count). The number of methoxy groups -OCH3 is 3. The molecule has 0 bridgehead atoms. The van der Waals surface area contributed by atoms with Crippen LogP contribution in [-0.2, 0) is 27.4 Å². The van der Waals surface area contributed by atoms with Gasteiger partial charge in [0.05, 0.1) is 33.0 Å². The normalized spacial score (nSPS) is 24.9. The van der Waals surface area contributed by atoms with Gasteiger partial charge in [-0.05, 0) is 24.7 Å². The van der Waals surface area contributed by atoms with Crippen LogP contribution in [0.1, 0.15) is 11.1 Å². The monoisotopic (exact) mass is 325 g/mol. The van der Waals surface area contributed by atoms with Gasteiger partial charge in [0.15, 0.2) is 0 Å². The van der Waals surface area contributed by atoms with E-state index in [4.69, 9.17) is 18.9 Å². The van der Waals surface area contributed by atoms with Crippen molar-refractivity contribution in [3.8, 4) is 5.75 Å². The Balaban J connectivity index is 2.09. The zero-order valence-electron chi connectivity index (χ0n) is 14.3. The van der Waals surface area contributed by atoms with Crippen molar-refractivity contribution in [3.05, 3.63) is 29.3 Å². The molecule has 0 unspecified atom stereocenters. The van der Waals surface area contributed by atoms with E-state index in [-0.39, 0.29) is 24.9 Å². The molecule has 0 aliphatic carbocycles. The lowest BCUT2D eigenvalue weighted by Gasteiger charge is -2.40. The number of benzene rings is 1. The van der Waals surface area contributed by atoms with E-state index in [0.29, 0.717) is 19.0 Å². The van der Waals surface area contributed by atoms with E-state index in [9.17, 15) is 5.11 Å². The second-order valence-corrected chi connectivity index (χ2v) is 5.80. The summed E-state index contributed by atoms with van der Waals surface area (Å²) in [5.74, 6) is 0.703. The smallest absolute Gasteiger partial charge is 0.124 e. The van der Waals surface area contributed by atoms with Crippen LogP contribution < -0.4 is 4.74 Å². The summed E-state index contributed by atoms with van der Waals surface area (Å²) in [7, 11) is 7.04. The first-order chi connectivity index (χ1) is 11.1. The van der Waals surface area contributed by atoms with Crippen LogP contribution in [0.15, 0.2) is 18.2 Å². The highest BCUT2D eigenvalue weighted by Gasteiger charge is 2.36. The third-order valence-electron chi connectivity index (χ3n) is 4.40. The van der Waals surface area contributed by atoms with Gasteiger partial charge in [0.2, 0.25) is 0 Å². The van der Waals surface area contributed by atoms with Crippen LogP contribution in [0.4, 0.5) is 0 Å². The fourth-order valence-corrected chi connectivity index (χ4v) is 3.09. The van der Waals surface area contributed by atoms with Crippen LogP contribution in [0, 0.1) is 0 Å². The third kappa shape index (κ3) is 4.22. The Morgan fingerprint density at radius 2 is 2.00 bits per heavy atom. The molecule has 1 aliphatic heterocycles. The lowest BCUT2D eigenvalue weighted by atomic mass is 10.0. The molecule has 1 saturated heterocycles. The lowest BCUT2D eigenvalue weighted by Crippen LogP contribution is -2.56. The molecule has 130 valence electrons. The summed E-state index contributed by atoms with van der Waals surface area (Å²) in [6, 6.07) is 5.97. The van der Waals surface area contributed by atoms with Crippen molar-refractivity contribution >= 4 is 0 Å². The molecule has 0 amide bonds. The highest BCUT2D eigenvalue weighted by Crippen LogP contribution is 2.23. The zero-order valence-corrected chi connectivity index (χ0v) is 14.3. The summed E-state index contributed by atoms with van der Waals surface area (Å²) in [5.41, 5.74) is 1.89. The highest BCUT2D eigenvalue weighted by molar-refractivity contribution is 5.36. The molecule has 1 N–H and O–H groups in total. The number of ether oxygens (including phenoxy) is 4. The fourth-order valence-electron chi connectivity index (χ4n) is 3.09. The standard InChI is InChI=1S/C17H27NO5/c1-18(14-10-23-11-16(21-3)17(14)22-4)8-12-5-6-15(20-2)13(7-12)9-19/h5-7,14,16-17,19H,8-11H2,1-4H3/t14-,16-,17+/m1/s1. The first-order valence-electron chi connectivity index (χ1n) is 7.74. The summed E-state index contributed by atoms with van der Waals surface area (Å²) in [6.45, 7) is 1.84. The summed E-state index contributed by atoms with van der Waals surface area (Å²) in [4.78, 5) is 2.20. The third-order valence-corrected chi connectivity index (χ3v) is 4.40. The first kappa shape index (κ1) is 18.2. The molecular formula is C17H27NO5. The average Bonchev–Trinajstić information content (AvgIpc) is 2.60. The summed E-state index contributed by atoms with van der Waals surface area (Å²) in [5, 5.41) is 9.45. The van der Waals surface area contributed by atoms with E-state index < -0.39 is 0 Å². The minimum atomic E-state index is -0.0647. The van der Waals surface area contributed by atoms with E-state index in [1.807, 2.05) is 25.2 Å². The SMILES string of the molecule is COc1ccc(CN(C)[C@@H]2COC[C@@H](OC)[C@H]2OC)cc1CO. The van der Waals surface area contributed by atoms with Gasteiger partial charge in [0, 0.05) is 26.3 Å². The number of nitrogens with zero attached hydrogens (tertiary/aromatic N) is 1. The van der Waals surface area contributed by atoms with E-state index in [1.165, 1.54) is 0 Å². The van der Waals surface area contributed by atoms with Gasteiger partial charge in [-0.2, -0.15) is 0 Å². The Morgan fingerprint density at radius 1 is 1.22 bits per heavy atom. The van der Waals surface area contributed by atoms with Crippen LogP contribution in [0.5, 0.6) is 5.75 Å². The van der Waals surface area contributed by atoms with Crippen LogP contribution in [0.2, 0.25) is 0 Å². The second-order valence-electron chi connectivity index (χ2n) is 5.80. The first-order valence-corrected chi connectivity index (χ1v) is 7.74. The predicted molar refractivity (Wildman–Crippen MR) is 86.6 cm³/mol. The van der Waals surface area contributed by atoms with Crippen molar-refractivity contribution in [1.82, 2.24) is 4.90 Å². The predicted octanol–water partition coefficient (Wildman–Crippen LogP) is 1.05. The van der Waals surface area contributed by atoms with Gasteiger partial charge in [0.1, 0.15) is 18.0 Å². The van der Waals surface area contributed by atoms with Gasteiger partial charge in [-0.3, -0.25) is 4.90 Å². The molecule has 3 atom stereocenters. The van der Waals surface area contributed by atoms with Crippen molar-refractivity contribution < 1.29 is 24.1 Å². The molecule has 1 aliphatic rings. The average molecular weight is 325 g/mol. The van der Waals surface area contributed by atoms with Crippen molar-refractivity contribution in [1.29, 1.82) is 0 Å². The minimum absolute atomic E-state index is 0.0330. The minimum Gasteiger partial charge on any atom is -0.496 e. The molecule has 1 fully saturated rings. The topological polar surface area (TPSA) is 60.4 Å². The van der Waals surface area contributed by atoms with E-state index in [1.54, 1.807) is 21.3 Å². The summed E-state index contributed by atoms with van der Waals surface area (Å²) < 4.78 is 22.0. The number of hydrogen-bond donors (Lipinski definition) is 1. The highest BCUT2D eigenvalue weighted by atomic mass is 16.6. The van der Waals surface area contributed by atoms with Crippen molar-refractivity contribution in [3.63, 3.8) is 0 Å². The lowest BCUT2D eigenvalue weighted by molar-refractivity contribution is -0.153. The second kappa shape index (κ2) is 8.61. The molecule has 0 aromatic heterocycles. The van der Waals surface area contributed by atoms with Gasteiger partial charge < -0.3 is 24.1 Å². The molecule has 6 heteroatoms. The number of rotatable bonds is 7. The van der Waals surface area contributed by atoms with Gasteiger partial charge in [0.25, 0.3) is 0 Å². The Morgan fingerprint density at radius 3 is 2.61 bits per heavy atom. The maximum absolute atomic E-state index is 9.45. The number of aliphatic hydroxyl groups is 1. The maximum Gasteiger partial charge on any atom is 0.124 e. The maximum atomic E-state index is 9.45. The molecule has 1 heterocycles. The summed E-state index contributed by atoms with van der Waals surface area (Å²) in [6.07, 6.45) is -0.0978. The summed E-state index contributed by atoms with van der Waals surface area (Å²) >= 11 is 0. The van der Waals surface area contributed by atoms with Crippen LogP contribution in [0.25, 0.3) is 0 Å². The van der Waals surface area contributed by atoms with Crippen LogP contribution >= 0.6 is 0 Å². The van der Waals surface area contributed by atoms with Crippen LogP contribution in [-0.4, -0.2) is 69.8 Å². The quantitative estimate of drug-likeness (QED) is 0.808. The largest absolute Gasteiger partial charge is 0.496 e. The molecule has 0 radical (unpaired) electrons. The van der Waals surface area contributed by atoms with E-state index >= 15 is 0 Å². The van der Waals surface area contributed by atoms with Crippen molar-refractivity contribution in [2.45, 2.75) is 31.4 Å². The van der Waals surface area contributed by atoms with Crippen LogP contribution in [0.3, 0.4) is 0 Å². The molecule has 1 aromatic rings. The zero-order chi connectivity index (χ0) is 16.8. The van der Waals surface area contributed by atoms with Crippen molar-refractivity contribution in [2.75, 3.05) is 41.6 Å². The van der Waals surface area contributed by atoms with Gasteiger partial charge >= 0.3 is 0 Å². The Hall–Kier alpha value is -1.18. The Bertz CT molecular complexity index is 496. The molecular weight excluding hydrogens is 298 g/mol. The number of hydrogen-bond acceptors (Lipinski definition) is 6. The number of likely N-dealkylation sites (N-methyl/N-ethyl adjacent to an activating group) is 1. The Labute approximate surface area is 137 Å². The number of aliphatic hydroxyl groups excluding tert-OH is 1. The molecule has 23 heavy (non-hydrogen) atoms. The Kier molecular flexibility index (Phi) is 6.80. The van der Waals surface area contributed by atoms with Gasteiger partial charge in [-0.1, -0.05) is 6.07 Å². The fraction of sp³-hybridized carbons (Fsp3) is 0.647. The van der Waals surface area contributed by atoms with Gasteiger partial charge in [-0.25, -0.2) is 0 Å². The molecule has 0 saturated carbocycles.